The summed E-state index contributed by atoms with van der Waals surface area (Å²) in [6.07, 6.45) is 1.92. The van der Waals surface area contributed by atoms with E-state index in [0.717, 1.165) is 17.2 Å². The van der Waals surface area contributed by atoms with Gasteiger partial charge in [-0.1, -0.05) is 44.0 Å². The Balaban J connectivity index is 1.74. The van der Waals surface area contributed by atoms with Crippen molar-refractivity contribution in [3.63, 3.8) is 0 Å². The van der Waals surface area contributed by atoms with Crippen molar-refractivity contribution >= 4 is 34.3 Å². The molecule has 0 aliphatic carbocycles. The number of aromatic nitrogens is 1. The van der Waals surface area contributed by atoms with Crippen LogP contribution in [0.3, 0.4) is 0 Å². The molecule has 0 radical (unpaired) electrons. The molecule has 3 atom stereocenters. The van der Waals surface area contributed by atoms with Crippen LogP contribution in [0.2, 0.25) is 0 Å². The molecule has 3 rings (SSSR count). The third-order valence-electron chi connectivity index (χ3n) is 5.62. The first-order chi connectivity index (χ1) is 15.0. The van der Waals surface area contributed by atoms with Crippen molar-refractivity contribution in [2.24, 2.45) is 5.92 Å². The zero-order valence-corrected chi connectivity index (χ0v) is 17.4. The second kappa shape index (κ2) is 10.3. The summed E-state index contributed by atoms with van der Waals surface area (Å²) in [6.45, 7) is 2.20. The first-order valence-corrected chi connectivity index (χ1v) is 10.5. The van der Waals surface area contributed by atoms with Crippen molar-refractivity contribution in [1.29, 1.82) is 0 Å². The van der Waals surface area contributed by atoms with Crippen molar-refractivity contribution in [3.8, 4) is 0 Å². The van der Waals surface area contributed by atoms with E-state index in [-0.39, 0.29) is 6.42 Å². The number of fused-ring (bicyclic) bond motifs is 1. The molecule has 3 amide bonds. The van der Waals surface area contributed by atoms with Gasteiger partial charge in [0.2, 0.25) is 11.8 Å². The van der Waals surface area contributed by atoms with E-state index in [0.29, 0.717) is 31.6 Å². The van der Waals surface area contributed by atoms with E-state index in [9.17, 15) is 18.8 Å². The van der Waals surface area contributed by atoms with E-state index in [1.54, 1.807) is 12.3 Å². The monoisotopic (exact) mass is 430 g/mol. The molecule has 1 fully saturated rings. The van der Waals surface area contributed by atoms with Gasteiger partial charge in [0.1, 0.15) is 11.9 Å². The maximum Gasteiger partial charge on any atom is 0.278 e. The van der Waals surface area contributed by atoms with Gasteiger partial charge >= 0.3 is 0 Å². The molecule has 1 aromatic carbocycles. The lowest BCUT2D eigenvalue weighted by molar-refractivity contribution is -0.148. The van der Waals surface area contributed by atoms with Gasteiger partial charge in [0.25, 0.3) is 5.91 Å². The van der Waals surface area contributed by atoms with Gasteiger partial charge in [0.15, 0.2) is 6.17 Å². The summed E-state index contributed by atoms with van der Waals surface area (Å²) >= 11 is 0. The molecule has 0 unspecified atom stereocenters. The predicted octanol–water partition coefficient (Wildman–Crippen LogP) is 2.81. The standard InChI is InChI=1S/C22H27FN4O4/c1-2-3-9-16(19(23)21(29)26-31)22(30)27-11-6-10-17(27)20(28)25-18-12-14-7-4-5-8-15(14)13-24-18/h4-5,7-8,12-13,16-17,19,31H,2-3,6,9-11H2,1H3,(H,26,29)(H,24,25,28)/t16-,17+,19+/m1/s1. The minimum absolute atomic E-state index is 0.154. The number of hydroxylamine groups is 1. The lowest BCUT2D eigenvalue weighted by Gasteiger charge is -2.29. The molecule has 1 aliphatic heterocycles. The fourth-order valence-corrected chi connectivity index (χ4v) is 3.94. The lowest BCUT2D eigenvalue weighted by Crippen LogP contribution is -2.49. The number of hydrogen-bond acceptors (Lipinski definition) is 5. The number of carbonyl (C=O) groups excluding carboxylic acids is 3. The molecule has 0 bridgehead atoms. The predicted molar refractivity (Wildman–Crippen MR) is 113 cm³/mol. The number of halogens is 1. The molecule has 31 heavy (non-hydrogen) atoms. The number of rotatable bonds is 8. The zero-order chi connectivity index (χ0) is 22.4. The number of unbranched alkanes of at least 4 members (excludes halogenated alkanes) is 1. The Bertz CT molecular complexity index is 954. The van der Waals surface area contributed by atoms with Gasteiger partial charge in [-0.15, -0.1) is 0 Å². The van der Waals surface area contributed by atoms with Gasteiger partial charge in [-0.25, -0.2) is 14.9 Å². The van der Waals surface area contributed by atoms with E-state index in [1.165, 1.54) is 10.4 Å². The molecule has 2 aromatic rings. The number of anilines is 1. The maximum absolute atomic E-state index is 14.6. The Kier molecular flexibility index (Phi) is 7.51. The van der Waals surface area contributed by atoms with Crippen molar-refractivity contribution in [2.45, 2.75) is 51.2 Å². The van der Waals surface area contributed by atoms with Crippen LogP contribution >= 0.6 is 0 Å². The highest BCUT2D eigenvalue weighted by molar-refractivity contribution is 5.99. The number of carbonyl (C=O) groups is 3. The number of benzene rings is 1. The van der Waals surface area contributed by atoms with Crippen LogP contribution in [-0.2, 0) is 14.4 Å². The Labute approximate surface area is 179 Å². The molecule has 1 saturated heterocycles. The van der Waals surface area contributed by atoms with Crippen LogP contribution in [-0.4, -0.2) is 51.6 Å². The maximum atomic E-state index is 14.6. The van der Waals surface area contributed by atoms with Crippen LogP contribution < -0.4 is 10.8 Å². The molecule has 1 aliphatic rings. The molecule has 166 valence electrons. The SMILES string of the molecule is CCCC[C@@H](C(=O)N1CCC[C@H]1C(=O)Nc1cc2ccccc2cn1)[C@H](F)C(=O)NO. The molecule has 1 aromatic heterocycles. The summed E-state index contributed by atoms with van der Waals surface area (Å²) in [6, 6.07) is 8.59. The summed E-state index contributed by atoms with van der Waals surface area (Å²) in [5.74, 6) is -3.12. The summed E-state index contributed by atoms with van der Waals surface area (Å²) in [5.41, 5.74) is 1.28. The van der Waals surface area contributed by atoms with E-state index in [1.807, 2.05) is 31.2 Å². The van der Waals surface area contributed by atoms with Gasteiger partial charge in [-0.3, -0.25) is 19.6 Å². The second-order valence-corrected chi connectivity index (χ2v) is 7.72. The molecule has 2 heterocycles. The smallest absolute Gasteiger partial charge is 0.278 e. The van der Waals surface area contributed by atoms with Crippen molar-refractivity contribution in [3.05, 3.63) is 36.5 Å². The van der Waals surface area contributed by atoms with E-state index in [2.05, 4.69) is 10.3 Å². The highest BCUT2D eigenvalue weighted by Crippen LogP contribution is 2.26. The molecule has 3 N–H and O–H groups in total. The number of amides is 3. The van der Waals surface area contributed by atoms with E-state index < -0.39 is 35.9 Å². The van der Waals surface area contributed by atoms with Gasteiger partial charge < -0.3 is 10.2 Å². The number of nitrogens with one attached hydrogen (secondary N) is 2. The summed E-state index contributed by atoms with van der Waals surface area (Å²) in [4.78, 5) is 43.2. The van der Waals surface area contributed by atoms with E-state index in [4.69, 9.17) is 5.21 Å². The number of alkyl halides is 1. The minimum Gasteiger partial charge on any atom is -0.330 e. The molecule has 0 saturated carbocycles. The first kappa shape index (κ1) is 22.6. The van der Waals surface area contributed by atoms with Gasteiger partial charge in [0, 0.05) is 18.1 Å². The largest absolute Gasteiger partial charge is 0.330 e. The van der Waals surface area contributed by atoms with Crippen molar-refractivity contribution in [1.82, 2.24) is 15.4 Å². The number of pyridine rings is 1. The molecular formula is C22H27FN4O4. The van der Waals surface area contributed by atoms with Crippen LogP contribution in [0, 0.1) is 5.92 Å². The molecule has 8 nitrogen and oxygen atoms in total. The van der Waals surface area contributed by atoms with Crippen LogP contribution in [0.15, 0.2) is 36.5 Å². The lowest BCUT2D eigenvalue weighted by atomic mass is 9.94. The van der Waals surface area contributed by atoms with Crippen LogP contribution in [0.4, 0.5) is 10.2 Å². The minimum atomic E-state index is -2.18. The van der Waals surface area contributed by atoms with Gasteiger partial charge in [-0.2, -0.15) is 0 Å². The summed E-state index contributed by atoms with van der Waals surface area (Å²) in [7, 11) is 0. The van der Waals surface area contributed by atoms with Gasteiger partial charge in [-0.05, 0) is 30.7 Å². The normalized spacial score (nSPS) is 17.9. The topological polar surface area (TPSA) is 112 Å². The Morgan fingerprint density at radius 2 is 2.03 bits per heavy atom. The number of hydrogen-bond donors (Lipinski definition) is 3. The van der Waals surface area contributed by atoms with Crippen LogP contribution in [0.25, 0.3) is 10.8 Å². The fraction of sp³-hybridized carbons (Fsp3) is 0.455. The van der Waals surface area contributed by atoms with Crippen molar-refractivity contribution < 1.29 is 24.0 Å². The summed E-state index contributed by atoms with van der Waals surface area (Å²) in [5, 5.41) is 13.4. The number of likely N-dealkylation sites (tertiary alicyclic amines) is 1. The highest BCUT2D eigenvalue weighted by atomic mass is 19.1. The Hall–Kier alpha value is -3.07. The number of nitrogens with zero attached hydrogens (tertiary/aromatic N) is 2. The van der Waals surface area contributed by atoms with Crippen LogP contribution in [0.1, 0.15) is 39.0 Å². The quantitative estimate of drug-likeness (QED) is 0.440. The Morgan fingerprint density at radius 3 is 2.74 bits per heavy atom. The van der Waals surface area contributed by atoms with Crippen LogP contribution in [0.5, 0.6) is 0 Å². The summed E-state index contributed by atoms with van der Waals surface area (Å²) < 4.78 is 14.6. The zero-order valence-electron chi connectivity index (χ0n) is 17.4. The van der Waals surface area contributed by atoms with Crippen molar-refractivity contribution in [2.75, 3.05) is 11.9 Å². The molecule has 0 spiro atoms. The molecule has 9 heteroatoms. The average Bonchev–Trinajstić information content (AvgIpc) is 3.28. The second-order valence-electron chi connectivity index (χ2n) is 7.72. The van der Waals surface area contributed by atoms with E-state index >= 15 is 0 Å². The first-order valence-electron chi connectivity index (χ1n) is 10.5. The highest BCUT2D eigenvalue weighted by Gasteiger charge is 2.41. The Morgan fingerprint density at radius 1 is 1.29 bits per heavy atom. The fourth-order valence-electron chi connectivity index (χ4n) is 3.94. The average molecular weight is 430 g/mol. The molecular weight excluding hydrogens is 403 g/mol. The third kappa shape index (κ3) is 5.16. The van der Waals surface area contributed by atoms with Gasteiger partial charge in [0.05, 0.1) is 5.92 Å². The third-order valence-corrected chi connectivity index (χ3v) is 5.62.